The zero-order chi connectivity index (χ0) is 18.0. The maximum absolute atomic E-state index is 13.2. The number of benzene rings is 2. The molecule has 0 saturated carbocycles. The van der Waals surface area contributed by atoms with Gasteiger partial charge in [-0.15, -0.1) is 5.10 Å². The number of hydrogen-bond acceptors (Lipinski definition) is 5. The molecule has 0 spiro atoms. The zero-order valence-corrected chi connectivity index (χ0v) is 14.3. The van der Waals surface area contributed by atoms with Crippen molar-refractivity contribution in [3.63, 3.8) is 0 Å². The van der Waals surface area contributed by atoms with Gasteiger partial charge in [0.2, 0.25) is 5.16 Å². The number of thioether (sulfide) groups is 1. The minimum Gasteiger partial charge on any atom is -0.293 e. The number of nitrogens with zero attached hydrogens (tertiary/aromatic N) is 4. The van der Waals surface area contributed by atoms with Crippen molar-refractivity contribution in [3.05, 3.63) is 64.7 Å². The van der Waals surface area contributed by atoms with E-state index in [4.69, 9.17) is 0 Å². The zero-order valence-electron chi connectivity index (χ0n) is 13.5. The van der Waals surface area contributed by atoms with Gasteiger partial charge in [-0.1, -0.05) is 17.8 Å². The van der Waals surface area contributed by atoms with Gasteiger partial charge in [0.15, 0.2) is 17.4 Å². The van der Waals surface area contributed by atoms with Crippen LogP contribution in [0.5, 0.6) is 0 Å². The minimum absolute atomic E-state index is 0.0102. The Morgan fingerprint density at radius 3 is 2.60 bits per heavy atom. The molecule has 0 bridgehead atoms. The van der Waals surface area contributed by atoms with E-state index in [0.717, 1.165) is 40.7 Å². The molecule has 25 heavy (non-hydrogen) atoms. The molecular weight excluding hydrogens is 346 g/mol. The first-order valence-corrected chi connectivity index (χ1v) is 8.41. The SMILES string of the molecule is Cc1ccc(-n2nnnc2SCC(=O)c2ccc(F)c(F)c2)cc1C. The first-order valence-electron chi connectivity index (χ1n) is 7.43. The van der Waals surface area contributed by atoms with Crippen molar-refractivity contribution >= 4 is 17.5 Å². The molecule has 3 aromatic rings. The van der Waals surface area contributed by atoms with Crippen molar-refractivity contribution in [2.45, 2.75) is 19.0 Å². The monoisotopic (exact) mass is 360 g/mol. The summed E-state index contributed by atoms with van der Waals surface area (Å²) in [5.74, 6) is -2.35. The molecule has 5 nitrogen and oxygen atoms in total. The first kappa shape index (κ1) is 17.2. The highest BCUT2D eigenvalue weighted by atomic mass is 32.2. The number of carbonyl (C=O) groups is 1. The number of Topliss-reactive ketones (excluding diaryl/α,β-unsaturated/α-hetero) is 1. The molecule has 8 heteroatoms. The molecule has 3 rings (SSSR count). The van der Waals surface area contributed by atoms with E-state index < -0.39 is 11.6 Å². The molecule has 0 N–H and O–H groups in total. The van der Waals surface area contributed by atoms with Gasteiger partial charge in [0, 0.05) is 5.56 Å². The first-order chi connectivity index (χ1) is 12.0. The largest absolute Gasteiger partial charge is 0.293 e. The number of ketones is 1. The molecule has 0 fully saturated rings. The third-order valence-electron chi connectivity index (χ3n) is 3.75. The van der Waals surface area contributed by atoms with Crippen molar-refractivity contribution in [1.82, 2.24) is 20.2 Å². The second-order valence-corrected chi connectivity index (χ2v) is 6.43. The Labute approximate surface area is 147 Å². The molecule has 1 aromatic heterocycles. The number of rotatable bonds is 5. The second kappa shape index (κ2) is 7.10. The van der Waals surface area contributed by atoms with Crippen LogP contribution in [0.1, 0.15) is 21.5 Å². The van der Waals surface area contributed by atoms with Crippen LogP contribution in [0.15, 0.2) is 41.6 Å². The average molecular weight is 360 g/mol. The van der Waals surface area contributed by atoms with Gasteiger partial charge in [-0.3, -0.25) is 4.79 Å². The van der Waals surface area contributed by atoms with Crippen LogP contribution < -0.4 is 0 Å². The van der Waals surface area contributed by atoms with Gasteiger partial charge in [0.05, 0.1) is 11.4 Å². The van der Waals surface area contributed by atoms with Crippen molar-refractivity contribution in [3.8, 4) is 5.69 Å². The van der Waals surface area contributed by atoms with E-state index in [1.807, 2.05) is 32.0 Å². The van der Waals surface area contributed by atoms with Crippen LogP contribution in [0.4, 0.5) is 8.78 Å². The molecule has 0 unspecified atom stereocenters. The molecule has 0 amide bonds. The number of carbonyl (C=O) groups excluding carboxylic acids is 1. The molecule has 0 saturated heterocycles. The summed E-state index contributed by atoms with van der Waals surface area (Å²) in [6.07, 6.45) is 0. The van der Waals surface area contributed by atoms with Gasteiger partial charge in [-0.05, 0) is 65.7 Å². The van der Waals surface area contributed by atoms with E-state index in [2.05, 4.69) is 15.5 Å². The van der Waals surface area contributed by atoms with Crippen molar-refractivity contribution in [2.75, 3.05) is 5.75 Å². The number of tetrazole rings is 1. The lowest BCUT2D eigenvalue weighted by molar-refractivity contribution is 0.102. The summed E-state index contributed by atoms with van der Waals surface area (Å²) in [5.41, 5.74) is 3.15. The van der Waals surface area contributed by atoms with E-state index in [1.165, 1.54) is 10.7 Å². The molecular formula is C17H14F2N4OS. The van der Waals surface area contributed by atoms with Gasteiger partial charge in [-0.2, -0.15) is 4.68 Å². The predicted octanol–water partition coefficient (Wildman–Crippen LogP) is 3.53. The lowest BCUT2D eigenvalue weighted by Gasteiger charge is -2.07. The molecule has 0 radical (unpaired) electrons. The van der Waals surface area contributed by atoms with Gasteiger partial charge < -0.3 is 0 Å². The summed E-state index contributed by atoms with van der Waals surface area (Å²) in [4.78, 5) is 12.2. The third kappa shape index (κ3) is 3.74. The standard InChI is InChI=1S/C17H14F2N4OS/c1-10-3-5-13(7-11(10)2)23-17(20-21-22-23)25-9-16(24)12-4-6-14(18)15(19)8-12/h3-8H,9H2,1-2H3. The quantitative estimate of drug-likeness (QED) is 0.515. The summed E-state index contributed by atoms with van der Waals surface area (Å²) in [6, 6.07) is 8.89. The van der Waals surface area contributed by atoms with Gasteiger partial charge in [0.1, 0.15) is 0 Å². The fraction of sp³-hybridized carbons (Fsp3) is 0.176. The number of aryl methyl sites for hydroxylation is 2. The Balaban J connectivity index is 1.76. The van der Waals surface area contributed by atoms with E-state index in [9.17, 15) is 13.6 Å². The van der Waals surface area contributed by atoms with Crippen LogP contribution in [-0.4, -0.2) is 31.7 Å². The number of hydrogen-bond donors (Lipinski definition) is 0. The highest BCUT2D eigenvalue weighted by molar-refractivity contribution is 7.99. The number of halogens is 2. The summed E-state index contributed by atoms with van der Waals surface area (Å²) in [5, 5.41) is 12.0. The smallest absolute Gasteiger partial charge is 0.214 e. The summed E-state index contributed by atoms with van der Waals surface area (Å²) in [6.45, 7) is 4.00. The molecule has 0 aliphatic rings. The maximum Gasteiger partial charge on any atom is 0.214 e. The van der Waals surface area contributed by atoms with Crippen LogP contribution in [0.2, 0.25) is 0 Å². The third-order valence-corrected chi connectivity index (χ3v) is 4.67. The molecule has 0 aliphatic carbocycles. The van der Waals surface area contributed by atoms with Crippen LogP contribution >= 0.6 is 11.8 Å². The van der Waals surface area contributed by atoms with Gasteiger partial charge in [0.25, 0.3) is 0 Å². The Bertz CT molecular complexity index is 942. The highest BCUT2D eigenvalue weighted by Crippen LogP contribution is 2.21. The Morgan fingerprint density at radius 2 is 1.88 bits per heavy atom. The van der Waals surface area contributed by atoms with Gasteiger partial charge >= 0.3 is 0 Å². The number of aromatic nitrogens is 4. The topological polar surface area (TPSA) is 60.7 Å². The normalized spacial score (nSPS) is 10.9. The lowest BCUT2D eigenvalue weighted by Crippen LogP contribution is -2.06. The molecule has 1 heterocycles. The maximum atomic E-state index is 13.2. The fourth-order valence-electron chi connectivity index (χ4n) is 2.17. The van der Waals surface area contributed by atoms with Crippen LogP contribution in [-0.2, 0) is 0 Å². The molecule has 2 aromatic carbocycles. The molecule has 0 atom stereocenters. The second-order valence-electron chi connectivity index (χ2n) is 5.48. The summed E-state index contributed by atoms with van der Waals surface area (Å²) >= 11 is 1.13. The summed E-state index contributed by atoms with van der Waals surface area (Å²) in [7, 11) is 0. The van der Waals surface area contributed by atoms with E-state index in [1.54, 1.807) is 0 Å². The Hall–Kier alpha value is -2.61. The fourth-order valence-corrected chi connectivity index (χ4v) is 2.96. The van der Waals surface area contributed by atoms with Crippen molar-refractivity contribution in [1.29, 1.82) is 0 Å². The Kier molecular flexibility index (Phi) is 4.89. The van der Waals surface area contributed by atoms with Crippen molar-refractivity contribution < 1.29 is 13.6 Å². The lowest BCUT2D eigenvalue weighted by atomic mass is 10.1. The Morgan fingerprint density at radius 1 is 1.08 bits per heavy atom. The van der Waals surface area contributed by atoms with Crippen molar-refractivity contribution in [2.24, 2.45) is 0 Å². The van der Waals surface area contributed by atoms with E-state index in [-0.39, 0.29) is 17.1 Å². The molecule has 128 valence electrons. The summed E-state index contributed by atoms with van der Waals surface area (Å²) < 4.78 is 27.7. The van der Waals surface area contributed by atoms with Gasteiger partial charge in [-0.25, -0.2) is 8.78 Å². The van der Waals surface area contributed by atoms with Crippen LogP contribution in [0.25, 0.3) is 5.69 Å². The van der Waals surface area contributed by atoms with E-state index >= 15 is 0 Å². The van der Waals surface area contributed by atoms with Crippen LogP contribution in [0, 0.1) is 25.5 Å². The van der Waals surface area contributed by atoms with E-state index in [0.29, 0.717) is 5.16 Å². The highest BCUT2D eigenvalue weighted by Gasteiger charge is 2.14. The minimum atomic E-state index is -1.05. The average Bonchev–Trinajstić information content (AvgIpc) is 3.06. The molecule has 0 aliphatic heterocycles. The predicted molar refractivity (Wildman–Crippen MR) is 90.0 cm³/mol. The van der Waals surface area contributed by atoms with Crippen LogP contribution in [0.3, 0.4) is 0 Å².